The van der Waals surface area contributed by atoms with Crippen LogP contribution in [-0.2, 0) is 4.74 Å². The first-order valence-corrected chi connectivity index (χ1v) is 7.03. The quantitative estimate of drug-likeness (QED) is 0.880. The third kappa shape index (κ3) is 1.98. The monoisotopic (exact) mass is 283 g/mol. The van der Waals surface area contributed by atoms with E-state index in [4.69, 9.17) is 4.74 Å². The molecule has 1 fully saturated rings. The minimum absolute atomic E-state index is 0.0456. The molecule has 0 spiro atoms. The Morgan fingerprint density at radius 3 is 3.31 bits per heavy atom. The molecule has 1 aromatic rings. The van der Waals surface area contributed by atoms with Gasteiger partial charge >= 0.3 is 99.9 Å². The number of hydrogen-bond donors (Lipinski definition) is 1. The summed E-state index contributed by atoms with van der Waals surface area (Å²) in [6.07, 6.45) is 2.70. The zero-order valence-electron chi connectivity index (χ0n) is 8.85. The van der Waals surface area contributed by atoms with Crippen LogP contribution in [-0.4, -0.2) is 33.8 Å². The zero-order chi connectivity index (χ0) is 10.8. The maximum atomic E-state index is 5.58. The molecule has 2 heterocycles. The van der Waals surface area contributed by atoms with Gasteiger partial charge < -0.3 is 0 Å². The zero-order valence-corrected chi connectivity index (χ0v) is 10.6. The predicted molar refractivity (Wildman–Crippen MR) is 63.8 cm³/mol. The van der Waals surface area contributed by atoms with Crippen molar-refractivity contribution in [1.29, 1.82) is 0 Å². The average Bonchev–Trinajstić information content (AvgIpc) is 2.97. The van der Waals surface area contributed by atoms with Crippen LogP contribution in [0.3, 0.4) is 0 Å². The van der Waals surface area contributed by atoms with Gasteiger partial charge in [0.05, 0.1) is 0 Å². The van der Waals surface area contributed by atoms with Crippen LogP contribution in [0, 0.1) is 0 Å². The second-order valence-electron chi connectivity index (χ2n) is 3.95. The summed E-state index contributed by atoms with van der Waals surface area (Å²) in [6, 6.07) is 6.11. The van der Waals surface area contributed by atoms with Crippen molar-refractivity contribution in [2.24, 2.45) is 7.92 Å². The molecule has 1 aromatic carbocycles. The van der Waals surface area contributed by atoms with Gasteiger partial charge in [-0.2, -0.15) is 0 Å². The Bertz CT molecular complexity index is 462. The van der Waals surface area contributed by atoms with E-state index in [0.29, 0.717) is 6.10 Å². The first kappa shape index (κ1) is 10.3. The van der Waals surface area contributed by atoms with E-state index in [0.717, 1.165) is 36.6 Å². The Hall–Kier alpha value is -0.901. The molecular formula is C11H13N3OSe. The summed E-state index contributed by atoms with van der Waals surface area (Å²) in [6.45, 7) is 1.78. The van der Waals surface area contributed by atoms with E-state index in [2.05, 4.69) is 19.3 Å². The normalized spacial score (nSPS) is 21.9. The van der Waals surface area contributed by atoms with Gasteiger partial charge in [0.25, 0.3) is 0 Å². The molecule has 3 rings (SSSR count). The van der Waals surface area contributed by atoms with E-state index in [1.54, 1.807) is 0 Å². The number of benzene rings is 1. The van der Waals surface area contributed by atoms with Gasteiger partial charge in [-0.05, 0) is 0 Å². The summed E-state index contributed by atoms with van der Waals surface area (Å²) in [5.41, 5.74) is 3.15. The molecule has 1 N–H and O–H groups in total. The number of nitrogens with one attached hydrogen (secondary N) is 1. The molecule has 1 unspecified atom stereocenters. The molecule has 0 aromatic heterocycles. The SMILES string of the molecule is c1cc2c(c(NCC3CCCO3)c1)N=[Se]=N2. The van der Waals surface area contributed by atoms with Crippen LogP contribution in [0.4, 0.5) is 17.1 Å². The standard InChI is InChI=1S/C11H13N3OSe/c1-4-9(11-10(5-1)13-16-14-11)12-7-8-3-2-6-15-8/h1,4-5,8,12H,2-3,6-7H2. The van der Waals surface area contributed by atoms with Crippen LogP contribution < -0.4 is 5.32 Å². The molecule has 84 valence electrons. The third-order valence-electron chi connectivity index (χ3n) is 2.83. The van der Waals surface area contributed by atoms with Crippen molar-refractivity contribution >= 4 is 31.6 Å². The molecule has 0 bridgehead atoms. The Labute approximate surface area is 100 Å². The molecular weight excluding hydrogens is 269 g/mol. The van der Waals surface area contributed by atoms with E-state index in [9.17, 15) is 0 Å². The van der Waals surface area contributed by atoms with Crippen molar-refractivity contribution in [1.82, 2.24) is 0 Å². The second kappa shape index (κ2) is 4.53. The molecule has 4 nitrogen and oxygen atoms in total. The summed E-state index contributed by atoms with van der Waals surface area (Å²) < 4.78 is 14.4. The topological polar surface area (TPSA) is 46.0 Å². The number of hydrogen-bond acceptors (Lipinski definition) is 4. The van der Waals surface area contributed by atoms with Crippen molar-refractivity contribution in [3.8, 4) is 0 Å². The van der Waals surface area contributed by atoms with E-state index in [1.165, 1.54) is 6.42 Å². The van der Waals surface area contributed by atoms with Gasteiger partial charge in [0.15, 0.2) is 0 Å². The summed E-state index contributed by atoms with van der Waals surface area (Å²) in [5.74, 6) is 0. The first-order chi connectivity index (χ1) is 7.93. The fourth-order valence-electron chi connectivity index (χ4n) is 1.98. The third-order valence-corrected chi connectivity index (χ3v) is 3.97. The van der Waals surface area contributed by atoms with Crippen LogP contribution in [0.15, 0.2) is 26.1 Å². The number of anilines is 1. The van der Waals surface area contributed by atoms with Gasteiger partial charge in [-0.15, -0.1) is 0 Å². The van der Waals surface area contributed by atoms with Crippen molar-refractivity contribution in [3.05, 3.63) is 18.2 Å². The Kier molecular flexibility index (Phi) is 2.91. The fraction of sp³-hybridized carbons (Fsp3) is 0.455. The fourth-order valence-corrected chi connectivity index (χ4v) is 3.13. The summed E-state index contributed by atoms with van der Waals surface area (Å²) in [7, 11) is 0. The molecule has 2 aliphatic heterocycles. The number of ether oxygens (including phenoxy) is 1. The van der Waals surface area contributed by atoms with Gasteiger partial charge in [0.1, 0.15) is 0 Å². The van der Waals surface area contributed by atoms with Gasteiger partial charge in [-0.3, -0.25) is 0 Å². The van der Waals surface area contributed by atoms with Crippen LogP contribution in [0.5, 0.6) is 0 Å². The van der Waals surface area contributed by atoms with Crippen molar-refractivity contribution in [2.45, 2.75) is 18.9 Å². The molecule has 0 aliphatic carbocycles. The van der Waals surface area contributed by atoms with E-state index >= 15 is 0 Å². The molecule has 2 aliphatic rings. The molecule has 1 atom stereocenters. The average molecular weight is 282 g/mol. The maximum absolute atomic E-state index is 5.58. The molecule has 1 saturated heterocycles. The van der Waals surface area contributed by atoms with Crippen molar-refractivity contribution in [3.63, 3.8) is 0 Å². The van der Waals surface area contributed by atoms with E-state index < -0.39 is 0 Å². The Morgan fingerprint density at radius 2 is 2.44 bits per heavy atom. The first-order valence-electron chi connectivity index (χ1n) is 5.50. The number of rotatable bonds is 3. The van der Waals surface area contributed by atoms with Crippen molar-refractivity contribution < 1.29 is 4.74 Å². The second-order valence-corrected chi connectivity index (χ2v) is 5.06. The molecule has 0 amide bonds. The summed E-state index contributed by atoms with van der Waals surface area (Å²) >= 11 is 0.0456. The molecule has 0 saturated carbocycles. The van der Waals surface area contributed by atoms with Gasteiger partial charge in [-0.1, -0.05) is 0 Å². The van der Waals surface area contributed by atoms with E-state index in [1.807, 2.05) is 12.1 Å². The van der Waals surface area contributed by atoms with Crippen LogP contribution in [0.25, 0.3) is 0 Å². The molecule has 0 radical (unpaired) electrons. The molecule has 16 heavy (non-hydrogen) atoms. The minimum atomic E-state index is 0.0456. The van der Waals surface area contributed by atoms with Gasteiger partial charge in [-0.25, -0.2) is 0 Å². The van der Waals surface area contributed by atoms with Gasteiger partial charge in [0, 0.05) is 0 Å². The summed E-state index contributed by atoms with van der Waals surface area (Å²) in [4.78, 5) is 0. The van der Waals surface area contributed by atoms with Gasteiger partial charge in [0.2, 0.25) is 0 Å². The predicted octanol–water partition coefficient (Wildman–Crippen LogP) is 2.63. The van der Waals surface area contributed by atoms with Crippen LogP contribution in [0.2, 0.25) is 0 Å². The molecule has 5 heteroatoms. The Balaban J connectivity index is 1.71. The Morgan fingerprint density at radius 1 is 1.44 bits per heavy atom. The van der Waals surface area contributed by atoms with Crippen LogP contribution in [0.1, 0.15) is 12.8 Å². The van der Waals surface area contributed by atoms with E-state index in [-0.39, 0.29) is 14.6 Å². The number of fused-ring (bicyclic) bond motifs is 1. The number of nitrogens with zero attached hydrogens (tertiary/aromatic N) is 2. The summed E-state index contributed by atoms with van der Waals surface area (Å²) in [5, 5.41) is 3.42. The van der Waals surface area contributed by atoms with Crippen LogP contribution >= 0.6 is 0 Å². The van der Waals surface area contributed by atoms with Crippen molar-refractivity contribution in [2.75, 3.05) is 18.5 Å².